The molecule has 0 aromatic carbocycles. The van der Waals surface area contributed by atoms with E-state index in [0.29, 0.717) is 5.11 Å². The fraction of sp³-hybridized carbons (Fsp3) is 0.909. The molecule has 3 nitrogen and oxygen atoms in total. The van der Waals surface area contributed by atoms with Crippen LogP contribution in [0.2, 0.25) is 0 Å². The largest absolute Gasteiger partial charge is 0.360 e. The van der Waals surface area contributed by atoms with Crippen LogP contribution < -0.4 is 5.32 Å². The van der Waals surface area contributed by atoms with Crippen molar-refractivity contribution in [3.8, 4) is 0 Å². The molecular weight excluding hydrogens is 206 g/mol. The smallest absolute Gasteiger partial charge is 0.213 e. The summed E-state index contributed by atoms with van der Waals surface area (Å²) in [5.74, 6) is 0. The third-order valence-corrected chi connectivity index (χ3v) is 2.31. The van der Waals surface area contributed by atoms with Crippen LogP contribution in [-0.2, 0) is 0 Å². The summed E-state index contributed by atoms with van der Waals surface area (Å²) >= 11 is 5.00. The van der Waals surface area contributed by atoms with Crippen LogP contribution in [0.1, 0.15) is 52.4 Å². The van der Waals surface area contributed by atoms with E-state index in [-0.39, 0.29) is 0 Å². The van der Waals surface area contributed by atoms with Crippen molar-refractivity contribution in [3.05, 3.63) is 0 Å². The quantitative estimate of drug-likeness (QED) is 0.391. The van der Waals surface area contributed by atoms with Crippen LogP contribution in [-0.4, -0.2) is 18.2 Å². The normalized spacial score (nSPS) is 10.8. The highest BCUT2D eigenvalue weighted by atomic mass is 32.1. The summed E-state index contributed by atoms with van der Waals surface area (Å²) in [6.07, 6.45) is 7.21. The minimum atomic E-state index is 0.527. The van der Waals surface area contributed by atoms with E-state index in [1.54, 1.807) is 0 Å². The van der Waals surface area contributed by atoms with Crippen molar-refractivity contribution in [2.75, 3.05) is 13.1 Å². The highest BCUT2D eigenvalue weighted by molar-refractivity contribution is 7.80. The summed E-state index contributed by atoms with van der Waals surface area (Å²) < 4.78 is 0. The van der Waals surface area contributed by atoms with Crippen molar-refractivity contribution in [2.45, 2.75) is 52.4 Å². The zero-order chi connectivity index (χ0) is 11.4. The monoisotopic (exact) mass is 229 g/mol. The van der Waals surface area contributed by atoms with Crippen molar-refractivity contribution >= 4 is 17.3 Å². The molecule has 0 heterocycles. The van der Waals surface area contributed by atoms with Crippen LogP contribution in [0.3, 0.4) is 0 Å². The van der Waals surface area contributed by atoms with Gasteiger partial charge in [0.2, 0.25) is 5.11 Å². The number of nitrogens with one attached hydrogen (secondary N) is 1. The van der Waals surface area contributed by atoms with E-state index in [1.165, 1.54) is 25.7 Å². The van der Waals surface area contributed by atoms with Gasteiger partial charge in [0.15, 0.2) is 0 Å². The Morgan fingerprint density at radius 1 is 1.07 bits per heavy atom. The summed E-state index contributed by atoms with van der Waals surface area (Å²) in [5.41, 5.74) is 0. The van der Waals surface area contributed by atoms with Crippen molar-refractivity contribution in [1.82, 2.24) is 5.32 Å². The lowest BCUT2D eigenvalue weighted by molar-refractivity contribution is 0.666. The third kappa shape index (κ3) is 11.4. The predicted molar refractivity (Wildman–Crippen MR) is 69.4 cm³/mol. The second kappa shape index (κ2) is 11.6. The second-order valence-electron chi connectivity index (χ2n) is 3.61. The minimum absolute atomic E-state index is 0.527. The minimum Gasteiger partial charge on any atom is -0.360 e. The summed E-state index contributed by atoms with van der Waals surface area (Å²) in [7, 11) is 0. The number of azo groups is 1. The molecular formula is C11H23N3S. The van der Waals surface area contributed by atoms with Crippen molar-refractivity contribution in [3.63, 3.8) is 0 Å². The molecule has 0 aliphatic heterocycles. The van der Waals surface area contributed by atoms with Crippen LogP contribution in [0.4, 0.5) is 0 Å². The van der Waals surface area contributed by atoms with Crippen LogP contribution in [0, 0.1) is 0 Å². The molecule has 0 saturated carbocycles. The molecule has 0 aromatic heterocycles. The van der Waals surface area contributed by atoms with Gasteiger partial charge < -0.3 is 5.32 Å². The Bertz CT molecular complexity index is 181. The van der Waals surface area contributed by atoms with E-state index >= 15 is 0 Å². The maximum atomic E-state index is 5.00. The SMILES string of the molecule is CCCCCCN=NC(=S)NCCCC. The number of hydrogen-bond donors (Lipinski definition) is 1. The van der Waals surface area contributed by atoms with E-state index < -0.39 is 0 Å². The van der Waals surface area contributed by atoms with Crippen LogP contribution in [0.5, 0.6) is 0 Å². The van der Waals surface area contributed by atoms with Gasteiger partial charge in [0.25, 0.3) is 0 Å². The molecule has 0 rings (SSSR count). The van der Waals surface area contributed by atoms with Crippen LogP contribution in [0.15, 0.2) is 10.2 Å². The Morgan fingerprint density at radius 3 is 2.47 bits per heavy atom. The molecule has 0 atom stereocenters. The molecule has 0 saturated heterocycles. The molecule has 0 spiro atoms. The van der Waals surface area contributed by atoms with Gasteiger partial charge in [0.05, 0.1) is 6.54 Å². The number of nitrogens with zero attached hydrogens (tertiary/aromatic N) is 2. The number of rotatable bonds is 8. The van der Waals surface area contributed by atoms with Crippen molar-refractivity contribution in [1.29, 1.82) is 0 Å². The molecule has 0 radical (unpaired) electrons. The molecule has 0 unspecified atom stereocenters. The average Bonchev–Trinajstić information content (AvgIpc) is 2.23. The number of thiocarbonyl (C=S) groups is 1. The van der Waals surface area contributed by atoms with Gasteiger partial charge in [-0.3, -0.25) is 0 Å². The average molecular weight is 229 g/mol. The van der Waals surface area contributed by atoms with Crippen molar-refractivity contribution in [2.24, 2.45) is 10.2 Å². The molecule has 0 amide bonds. The lowest BCUT2D eigenvalue weighted by atomic mass is 10.2. The lowest BCUT2D eigenvalue weighted by Crippen LogP contribution is -2.19. The van der Waals surface area contributed by atoms with Crippen molar-refractivity contribution < 1.29 is 0 Å². The number of unbranched alkanes of at least 4 members (excludes halogenated alkanes) is 4. The Labute approximate surface area is 98.7 Å². The van der Waals surface area contributed by atoms with Gasteiger partial charge in [-0.15, -0.1) is 5.11 Å². The Morgan fingerprint density at radius 2 is 1.80 bits per heavy atom. The first-order chi connectivity index (χ1) is 7.31. The van der Waals surface area contributed by atoms with E-state index in [0.717, 1.165) is 25.9 Å². The van der Waals surface area contributed by atoms with Gasteiger partial charge in [-0.1, -0.05) is 39.5 Å². The van der Waals surface area contributed by atoms with Gasteiger partial charge >= 0.3 is 0 Å². The highest BCUT2D eigenvalue weighted by Gasteiger charge is 1.91. The molecule has 0 aliphatic carbocycles. The summed E-state index contributed by atoms with van der Waals surface area (Å²) in [6.45, 7) is 6.06. The maximum absolute atomic E-state index is 5.00. The van der Waals surface area contributed by atoms with Gasteiger partial charge in [0.1, 0.15) is 0 Å². The Balaban J connectivity index is 3.30. The molecule has 88 valence electrons. The first-order valence-electron chi connectivity index (χ1n) is 5.96. The molecule has 0 aliphatic rings. The summed E-state index contributed by atoms with van der Waals surface area (Å²) in [5, 5.41) is 11.6. The zero-order valence-electron chi connectivity index (χ0n) is 9.96. The van der Waals surface area contributed by atoms with E-state index in [9.17, 15) is 0 Å². The maximum Gasteiger partial charge on any atom is 0.213 e. The first-order valence-corrected chi connectivity index (χ1v) is 6.37. The molecule has 0 aromatic rings. The van der Waals surface area contributed by atoms with Gasteiger partial charge in [-0.25, -0.2) is 0 Å². The second-order valence-corrected chi connectivity index (χ2v) is 4.00. The molecule has 0 bridgehead atoms. The predicted octanol–water partition coefficient (Wildman–Crippen LogP) is 3.69. The zero-order valence-corrected chi connectivity index (χ0v) is 10.8. The van der Waals surface area contributed by atoms with Gasteiger partial charge in [0, 0.05) is 6.54 Å². The topological polar surface area (TPSA) is 36.8 Å². The van der Waals surface area contributed by atoms with E-state index in [4.69, 9.17) is 12.2 Å². The highest BCUT2D eigenvalue weighted by Crippen LogP contribution is 1.98. The first kappa shape index (κ1) is 14.5. The molecule has 15 heavy (non-hydrogen) atoms. The van der Waals surface area contributed by atoms with E-state index in [1.807, 2.05) is 0 Å². The lowest BCUT2D eigenvalue weighted by Gasteiger charge is -2.00. The third-order valence-electron chi connectivity index (χ3n) is 2.08. The summed E-state index contributed by atoms with van der Waals surface area (Å²) in [6, 6.07) is 0. The number of hydrogen-bond acceptors (Lipinski definition) is 2. The van der Waals surface area contributed by atoms with Gasteiger partial charge in [-0.05, 0) is 25.1 Å². The Hall–Kier alpha value is -0.510. The van der Waals surface area contributed by atoms with Crippen LogP contribution in [0.25, 0.3) is 0 Å². The Kier molecular flexibility index (Phi) is 11.2. The molecule has 0 fully saturated rings. The molecule has 1 N–H and O–H groups in total. The molecule has 4 heteroatoms. The fourth-order valence-electron chi connectivity index (χ4n) is 1.13. The van der Waals surface area contributed by atoms with E-state index in [2.05, 4.69) is 29.4 Å². The standard InChI is InChI=1S/C11H23N3S/c1-3-5-7-8-10-13-14-11(15)12-9-6-4-2/h3-10H2,1-2H3,(H,12,15). The van der Waals surface area contributed by atoms with Crippen LogP contribution >= 0.6 is 12.2 Å². The fourth-order valence-corrected chi connectivity index (χ4v) is 1.29. The summed E-state index contributed by atoms with van der Waals surface area (Å²) in [4.78, 5) is 0. The van der Waals surface area contributed by atoms with Gasteiger partial charge in [-0.2, -0.15) is 5.11 Å².